The Morgan fingerprint density at radius 1 is 1.27 bits per heavy atom. The summed E-state index contributed by atoms with van der Waals surface area (Å²) in [4.78, 5) is 24.7. The first-order valence-corrected chi connectivity index (χ1v) is 7.40. The van der Waals surface area contributed by atoms with Gasteiger partial charge in [-0.05, 0) is 44.9 Å². The SMILES string of the molecule is CN(CCC(C(=O)O)c1ccc(Cl)cc1)C(=O)OC(C)(C)C. The Balaban J connectivity index is 2.67. The molecule has 1 aromatic rings. The van der Waals surface area contributed by atoms with Crippen molar-refractivity contribution in [3.8, 4) is 0 Å². The second-order valence-corrected chi connectivity index (χ2v) is 6.57. The van der Waals surface area contributed by atoms with Crippen molar-refractivity contribution in [2.24, 2.45) is 0 Å². The molecule has 0 bridgehead atoms. The van der Waals surface area contributed by atoms with E-state index in [2.05, 4.69) is 0 Å². The molecule has 6 heteroatoms. The smallest absolute Gasteiger partial charge is 0.410 e. The zero-order valence-electron chi connectivity index (χ0n) is 13.3. The minimum absolute atomic E-state index is 0.286. The zero-order valence-corrected chi connectivity index (χ0v) is 14.1. The van der Waals surface area contributed by atoms with Crippen LogP contribution in [0.25, 0.3) is 0 Å². The maximum absolute atomic E-state index is 11.9. The first kappa shape index (κ1) is 18.3. The maximum Gasteiger partial charge on any atom is 0.410 e. The summed E-state index contributed by atoms with van der Waals surface area (Å²) in [6, 6.07) is 6.69. The van der Waals surface area contributed by atoms with Crippen LogP contribution in [0.3, 0.4) is 0 Å². The zero-order chi connectivity index (χ0) is 16.9. The van der Waals surface area contributed by atoms with Crippen molar-refractivity contribution in [3.05, 3.63) is 34.9 Å². The lowest BCUT2D eigenvalue weighted by atomic mass is 9.96. The van der Waals surface area contributed by atoms with Crippen molar-refractivity contribution in [2.45, 2.75) is 38.7 Å². The van der Waals surface area contributed by atoms with Crippen LogP contribution >= 0.6 is 11.6 Å². The van der Waals surface area contributed by atoms with Crippen molar-refractivity contribution >= 4 is 23.7 Å². The summed E-state index contributed by atoms with van der Waals surface area (Å²) in [7, 11) is 1.59. The second kappa shape index (κ2) is 7.49. The summed E-state index contributed by atoms with van der Waals surface area (Å²) < 4.78 is 5.24. The molecule has 22 heavy (non-hydrogen) atoms. The number of rotatable bonds is 5. The molecule has 5 nitrogen and oxygen atoms in total. The summed E-state index contributed by atoms with van der Waals surface area (Å²) in [5.41, 5.74) is 0.0859. The van der Waals surface area contributed by atoms with Crippen molar-refractivity contribution in [1.29, 1.82) is 0 Å². The van der Waals surface area contributed by atoms with Gasteiger partial charge in [0.15, 0.2) is 0 Å². The third kappa shape index (κ3) is 5.93. The lowest BCUT2D eigenvalue weighted by molar-refractivity contribution is -0.139. The van der Waals surface area contributed by atoms with Crippen LogP contribution in [0.5, 0.6) is 0 Å². The van der Waals surface area contributed by atoms with E-state index >= 15 is 0 Å². The first-order chi connectivity index (χ1) is 10.1. The highest BCUT2D eigenvalue weighted by atomic mass is 35.5. The van der Waals surface area contributed by atoms with Gasteiger partial charge in [0.2, 0.25) is 0 Å². The Hall–Kier alpha value is -1.75. The molecule has 0 fully saturated rings. The molecule has 0 aliphatic heterocycles. The molecular weight excluding hydrogens is 306 g/mol. The van der Waals surface area contributed by atoms with Gasteiger partial charge in [-0.2, -0.15) is 0 Å². The van der Waals surface area contributed by atoms with Gasteiger partial charge in [-0.1, -0.05) is 23.7 Å². The lowest BCUT2D eigenvalue weighted by Gasteiger charge is -2.25. The molecule has 1 aromatic carbocycles. The number of amides is 1. The van der Waals surface area contributed by atoms with Gasteiger partial charge in [0.05, 0.1) is 5.92 Å². The van der Waals surface area contributed by atoms with Crippen LogP contribution in [0.2, 0.25) is 5.02 Å². The quantitative estimate of drug-likeness (QED) is 0.894. The highest BCUT2D eigenvalue weighted by Gasteiger charge is 2.23. The highest BCUT2D eigenvalue weighted by Crippen LogP contribution is 2.22. The van der Waals surface area contributed by atoms with Gasteiger partial charge in [-0.15, -0.1) is 0 Å². The van der Waals surface area contributed by atoms with E-state index in [1.165, 1.54) is 4.90 Å². The molecule has 1 amide bonds. The van der Waals surface area contributed by atoms with E-state index in [1.807, 2.05) is 0 Å². The van der Waals surface area contributed by atoms with Gasteiger partial charge in [-0.25, -0.2) is 4.79 Å². The van der Waals surface area contributed by atoms with Crippen LogP contribution in [-0.2, 0) is 9.53 Å². The van der Waals surface area contributed by atoms with E-state index in [1.54, 1.807) is 52.1 Å². The normalized spacial score (nSPS) is 12.6. The number of aliphatic carboxylic acids is 1. The number of nitrogens with zero attached hydrogens (tertiary/aromatic N) is 1. The van der Waals surface area contributed by atoms with Crippen LogP contribution in [0.4, 0.5) is 4.79 Å². The average Bonchev–Trinajstić information content (AvgIpc) is 2.38. The summed E-state index contributed by atoms with van der Waals surface area (Å²) in [6.45, 7) is 5.64. The number of carbonyl (C=O) groups is 2. The fourth-order valence-corrected chi connectivity index (χ4v) is 2.01. The van der Waals surface area contributed by atoms with Crippen LogP contribution in [0.1, 0.15) is 38.7 Å². The molecule has 0 aliphatic rings. The molecule has 0 heterocycles. The maximum atomic E-state index is 11.9. The third-order valence-corrected chi connectivity index (χ3v) is 3.28. The largest absolute Gasteiger partial charge is 0.481 e. The van der Waals surface area contributed by atoms with Gasteiger partial charge >= 0.3 is 12.1 Å². The van der Waals surface area contributed by atoms with E-state index in [0.717, 1.165) is 0 Å². The molecule has 0 aromatic heterocycles. The van der Waals surface area contributed by atoms with E-state index < -0.39 is 23.6 Å². The number of benzene rings is 1. The van der Waals surface area contributed by atoms with Crippen LogP contribution in [0.15, 0.2) is 24.3 Å². The Morgan fingerprint density at radius 2 is 1.82 bits per heavy atom. The summed E-state index contributed by atoms with van der Waals surface area (Å²) in [6.07, 6.45) is -0.167. The van der Waals surface area contributed by atoms with Crippen molar-refractivity contribution in [3.63, 3.8) is 0 Å². The summed E-state index contributed by atoms with van der Waals surface area (Å²) >= 11 is 5.81. The van der Waals surface area contributed by atoms with Crippen molar-refractivity contribution in [1.82, 2.24) is 4.90 Å². The molecule has 0 radical (unpaired) electrons. The average molecular weight is 328 g/mol. The van der Waals surface area contributed by atoms with Crippen LogP contribution < -0.4 is 0 Å². The van der Waals surface area contributed by atoms with Crippen molar-refractivity contribution in [2.75, 3.05) is 13.6 Å². The van der Waals surface area contributed by atoms with E-state index in [4.69, 9.17) is 16.3 Å². The number of halogens is 1. The molecule has 1 rings (SSSR count). The highest BCUT2D eigenvalue weighted by molar-refractivity contribution is 6.30. The number of carbonyl (C=O) groups excluding carboxylic acids is 1. The fourth-order valence-electron chi connectivity index (χ4n) is 1.88. The van der Waals surface area contributed by atoms with E-state index in [0.29, 0.717) is 17.0 Å². The van der Waals surface area contributed by atoms with Gasteiger partial charge in [-0.3, -0.25) is 4.79 Å². The van der Waals surface area contributed by atoms with Gasteiger partial charge in [0.1, 0.15) is 5.60 Å². The summed E-state index contributed by atoms with van der Waals surface area (Å²) in [5.74, 6) is -1.62. The Labute approximate surface area is 135 Å². The number of carboxylic acids is 1. The number of hydrogen-bond donors (Lipinski definition) is 1. The van der Waals surface area contributed by atoms with Gasteiger partial charge in [0.25, 0.3) is 0 Å². The molecule has 0 spiro atoms. The molecule has 0 saturated heterocycles. The van der Waals surface area contributed by atoms with Gasteiger partial charge < -0.3 is 14.7 Å². The molecule has 1 N–H and O–H groups in total. The predicted molar refractivity (Wildman–Crippen MR) is 85.3 cm³/mol. The van der Waals surface area contributed by atoms with E-state index in [-0.39, 0.29) is 6.54 Å². The number of hydrogen-bond acceptors (Lipinski definition) is 3. The first-order valence-electron chi connectivity index (χ1n) is 7.02. The number of carboxylic acid groups (broad SMARTS) is 1. The minimum atomic E-state index is -0.931. The fraction of sp³-hybridized carbons (Fsp3) is 0.500. The third-order valence-electron chi connectivity index (χ3n) is 3.03. The standard InChI is InChI=1S/C16H22ClNO4/c1-16(2,3)22-15(21)18(4)10-9-13(14(19)20)11-5-7-12(17)8-6-11/h5-8,13H,9-10H2,1-4H3,(H,19,20). The van der Waals surface area contributed by atoms with Crippen LogP contribution in [-0.4, -0.2) is 41.3 Å². The Bertz CT molecular complexity index is 522. The summed E-state index contributed by atoms with van der Waals surface area (Å²) in [5, 5.41) is 9.92. The molecule has 0 saturated carbocycles. The molecular formula is C16H22ClNO4. The molecule has 122 valence electrons. The van der Waals surface area contributed by atoms with E-state index in [9.17, 15) is 14.7 Å². The minimum Gasteiger partial charge on any atom is -0.481 e. The predicted octanol–water partition coefficient (Wildman–Crippen LogP) is 3.77. The van der Waals surface area contributed by atoms with Crippen molar-refractivity contribution < 1.29 is 19.4 Å². The second-order valence-electron chi connectivity index (χ2n) is 6.13. The molecule has 1 unspecified atom stereocenters. The Morgan fingerprint density at radius 3 is 2.27 bits per heavy atom. The molecule has 1 atom stereocenters. The lowest BCUT2D eigenvalue weighted by Crippen LogP contribution is -2.35. The monoisotopic (exact) mass is 327 g/mol. The molecule has 0 aliphatic carbocycles. The topological polar surface area (TPSA) is 66.8 Å². The Kier molecular flexibility index (Phi) is 6.23. The van der Waals surface area contributed by atoms with Crippen LogP contribution in [0, 0.1) is 0 Å². The number of ether oxygens (including phenoxy) is 1. The van der Waals surface area contributed by atoms with Gasteiger partial charge in [0, 0.05) is 18.6 Å².